The maximum Gasteiger partial charge on any atom is 0.126 e. The van der Waals surface area contributed by atoms with Crippen molar-refractivity contribution in [1.29, 1.82) is 0 Å². The number of hydrogen-bond acceptors (Lipinski definition) is 2. The third kappa shape index (κ3) is 3.11. The zero-order chi connectivity index (χ0) is 12.4. The Bertz CT molecular complexity index is 465. The standard InChI is InChI=1S/C13H12ClFN2/c1-8-2-11(16)7-12(3-8)17-13-5-9(14)4-10(15)6-13/h2-7,17H,16H2,1H3. The number of nitrogen functional groups attached to an aromatic ring is 1. The van der Waals surface area contributed by atoms with E-state index in [0.29, 0.717) is 16.4 Å². The van der Waals surface area contributed by atoms with Gasteiger partial charge in [0.15, 0.2) is 0 Å². The second kappa shape index (κ2) is 4.63. The molecule has 0 saturated carbocycles. The van der Waals surface area contributed by atoms with Crippen molar-refractivity contribution < 1.29 is 4.39 Å². The molecular formula is C13H12ClFN2. The first-order valence-electron chi connectivity index (χ1n) is 5.13. The van der Waals surface area contributed by atoms with Crippen molar-refractivity contribution >= 4 is 28.7 Å². The van der Waals surface area contributed by atoms with Crippen molar-refractivity contribution in [3.05, 3.63) is 52.8 Å². The zero-order valence-electron chi connectivity index (χ0n) is 9.30. The first-order valence-corrected chi connectivity index (χ1v) is 5.51. The molecule has 0 aromatic heterocycles. The minimum absolute atomic E-state index is 0.355. The lowest BCUT2D eigenvalue weighted by Gasteiger charge is -2.09. The molecule has 2 aromatic carbocycles. The van der Waals surface area contributed by atoms with Crippen molar-refractivity contribution in [3.8, 4) is 0 Å². The molecule has 0 atom stereocenters. The first-order chi connectivity index (χ1) is 8.02. The molecule has 0 bridgehead atoms. The van der Waals surface area contributed by atoms with Gasteiger partial charge in [-0.3, -0.25) is 0 Å². The smallest absolute Gasteiger partial charge is 0.126 e. The minimum Gasteiger partial charge on any atom is -0.399 e. The molecule has 17 heavy (non-hydrogen) atoms. The van der Waals surface area contributed by atoms with E-state index < -0.39 is 0 Å². The Morgan fingerprint density at radius 3 is 2.41 bits per heavy atom. The van der Waals surface area contributed by atoms with E-state index in [-0.39, 0.29) is 5.82 Å². The van der Waals surface area contributed by atoms with Crippen molar-refractivity contribution in [2.45, 2.75) is 6.92 Å². The van der Waals surface area contributed by atoms with E-state index in [0.717, 1.165) is 11.3 Å². The molecule has 0 spiro atoms. The average Bonchev–Trinajstić information content (AvgIpc) is 2.13. The lowest BCUT2D eigenvalue weighted by molar-refractivity contribution is 0.628. The van der Waals surface area contributed by atoms with Gasteiger partial charge < -0.3 is 11.1 Å². The summed E-state index contributed by atoms with van der Waals surface area (Å²) in [5, 5.41) is 3.42. The monoisotopic (exact) mass is 250 g/mol. The van der Waals surface area contributed by atoms with Gasteiger partial charge in [0.05, 0.1) is 0 Å². The van der Waals surface area contributed by atoms with Crippen LogP contribution in [0.5, 0.6) is 0 Å². The Morgan fingerprint density at radius 1 is 1.06 bits per heavy atom. The highest BCUT2D eigenvalue weighted by molar-refractivity contribution is 6.30. The summed E-state index contributed by atoms with van der Waals surface area (Å²) in [4.78, 5) is 0. The van der Waals surface area contributed by atoms with Crippen LogP contribution in [-0.4, -0.2) is 0 Å². The molecule has 0 unspecified atom stereocenters. The molecular weight excluding hydrogens is 239 g/mol. The molecule has 0 fully saturated rings. The van der Waals surface area contributed by atoms with Crippen LogP contribution in [0.25, 0.3) is 0 Å². The molecule has 2 rings (SSSR count). The fraction of sp³-hybridized carbons (Fsp3) is 0.0769. The maximum atomic E-state index is 13.1. The molecule has 0 aliphatic carbocycles. The van der Waals surface area contributed by atoms with Crippen molar-refractivity contribution in [3.63, 3.8) is 0 Å². The van der Waals surface area contributed by atoms with Crippen molar-refractivity contribution in [1.82, 2.24) is 0 Å². The summed E-state index contributed by atoms with van der Waals surface area (Å²) in [6, 6.07) is 9.87. The molecule has 88 valence electrons. The van der Waals surface area contributed by atoms with Gasteiger partial charge in [-0.05, 0) is 48.9 Å². The number of nitrogens with one attached hydrogen (secondary N) is 1. The van der Waals surface area contributed by atoms with E-state index in [2.05, 4.69) is 5.32 Å². The van der Waals surface area contributed by atoms with Crippen molar-refractivity contribution in [2.24, 2.45) is 0 Å². The van der Waals surface area contributed by atoms with Crippen LogP contribution < -0.4 is 11.1 Å². The van der Waals surface area contributed by atoms with Gasteiger partial charge in [-0.1, -0.05) is 11.6 Å². The highest BCUT2D eigenvalue weighted by atomic mass is 35.5. The number of anilines is 3. The summed E-state index contributed by atoms with van der Waals surface area (Å²) in [7, 11) is 0. The number of hydrogen-bond donors (Lipinski definition) is 2. The van der Waals surface area contributed by atoms with Crippen LogP contribution in [0.15, 0.2) is 36.4 Å². The number of nitrogens with two attached hydrogens (primary N) is 1. The highest BCUT2D eigenvalue weighted by Crippen LogP contribution is 2.24. The maximum absolute atomic E-state index is 13.1. The molecule has 0 aliphatic heterocycles. The van der Waals surface area contributed by atoms with Gasteiger partial charge in [0, 0.05) is 22.1 Å². The van der Waals surface area contributed by atoms with Crippen molar-refractivity contribution in [2.75, 3.05) is 11.1 Å². The molecule has 0 amide bonds. The molecule has 0 radical (unpaired) electrons. The van der Waals surface area contributed by atoms with Gasteiger partial charge in [-0.15, -0.1) is 0 Å². The molecule has 2 aromatic rings. The summed E-state index contributed by atoms with van der Waals surface area (Å²) in [6.07, 6.45) is 0. The van der Waals surface area contributed by atoms with E-state index in [1.54, 1.807) is 12.1 Å². The molecule has 4 heteroatoms. The lowest BCUT2D eigenvalue weighted by atomic mass is 10.2. The van der Waals surface area contributed by atoms with E-state index >= 15 is 0 Å². The van der Waals surface area contributed by atoms with E-state index in [1.807, 2.05) is 19.1 Å². The summed E-state index contributed by atoms with van der Waals surface area (Å²) in [6.45, 7) is 1.94. The van der Waals surface area contributed by atoms with Crippen LogP contribution in [0.4, 0.5) is 21.5 Å². The Morgan fingerprint density at radius 2 is 1.76 bits per heavy atom. The number of aryl methyl sites for hydroxylation is 1. The number of rotatable bonds is 2. The third-order valence-electron chi connectivity index (χ3n) is 2.25. The molecule has 3 N–H and O–H groups in total. The Hall–Kier alpha value is -1.74. The van der Waals surface area contributed by atoms with E-state index in [4.69, 9.17) is 17.3 Å². The van der Waals surface area contributed by atoms with Crippen LogP contribution in [0.1, 0.15) is 5.56 Å². The zero-order valence-corrected chi connectivity index (χ0v) is 10.1. The summed E-state index contributed by atoms with van der Waals surface area (Å²) < 4.78 is 13.1. The fourth-order valence-corrected chi connectivity index (χ4v) is 1.90. The summed E-state index contributed by atoms with van der Waals surface area (Å²) in [5.41, 5.74) is 8.84. The molecule has 0 aliphatic rings. The van der Waals surface area contributed by atoms with Crippen LogP contribution >= 0.6 is 11.6 Å². The molecule has 0 heterocycles. The predicted molar refractivity (Wildman–Crippen MR) is 70.3 cm³/mol. The summed E-state index contributed by atoms with van der Waals surface area (Å²) >= 11 is 5.77. The predicted octanol–water partition coefficient (Wildman–Crippen LogP) is 4.11. The molecule has 0 saturated heterocycles. The van der Waals surface area contributed by atoms with E-state index in [9.17, 15) is 4.39 Å². The quantitative estimate of drug-likeness (QED) is 0.787. The topological polar surface area (TPSA) is 38.0 Å². The van der Waals surface area contributed by atoms with Crippen LogP contribution in [0, 0.1) is 12.7 Å². The van der Waals surface area contributed by atoms with Gasteiger partial charge in [-0.25, -0.2) is 4.39 Å². The minimum atomic E-state index is -0.374. The second-order valence-corrected chi connectivity index (χ2v) is 4.35. The SMILES string of the molecule is Cc1cc(N)cc(Nc2cc(F)cc(Cl)c2)c1. The van der Waals surface area contributed by atoms with Gasteiger partial charge in [0.1, 0.15) is 5.82 Å². The summed E-state index contributed by atoms with van der Waals surface area (Å²) in [5.74, 6) is -0.374. The van der Waals surface area contributed by atoms with Crippen LogP contribution in [0.2, 0.25) is 5.02 Å². The third-order valence-corrected chi connectivity index (χ3v) is 2.47. The van der Waals surface area contributed by atoms with Crippen LogP contribution in [-0.2, 0) is 0 Å². The fourth-order valence-electron chi connectivity index (χ4n) is 1.68. The van der Waals surface area contributed by atoms with Gasteiger partial charge >= 0.3 is 0 Å². The van der Waals surface area contributed by atoms with Gasteiger partial charge in [0.25, 0.3) is 0 Å². The first kappa shape index (κ1) is 11.7. The highest BCUT2D eigenvalue weighted by Gasteiger charge is 2.01. The Labute approximate surface area is 104 Å². The van der Waals surface area contributed by atoms with Gasteiger partial charge in [-0.2, -0.15) is 0 Å². The largest absolute Gasteiger partial charge is 0.399 e. The number of benzene rings is 2. The van der Waals surface area contributed by atoms with Crippen LogP contribution in [0.3, 0.4) is 0 Å². The Kier molecular flexibility index (Phi) is 3.20. The molecule has 2 nitrogen and oxygen atoms in total. The van der Waals surface area contributed by atoms with Gasteiger partial charge in [0.2, 0.25) is 0 Å². The number of halogens is 2. The normalized spacial score (nSPS) is 10.3. The Balaban J connectivity index is 2.31. The lowest BCUT2D eigenvalue weighted by Crippen LogP contribution is -1.94. The average molecular weight is 251 g/mol. The van der Waals surface area contributed by atoms with E-state index in [1.165, 1.54) is 12.1 Å². The second-order valence-electron chi connectivity index (χ2n) is 3.92.